The first-order valence-electron chi connectivity index (χ1n) is 7.06. The topological polar surface area (TPSA) is 6.48 Å². The highest BCUT2D eigenvalue weighted by Crippen LogP contribution is 2.39. The van der Waals surface area contributed by atoms with Gasteiger partial charge in [0.1, 0.15) is 0 Å². The van der Waals surface area contributed by atoms with E-state index in [1.807, 2.05) is 13.8 Å². The minimum atomic E-state index is 0.568. The van der Waals surface area contributed by atoms with Gasteiger partial charge in [-0.25, -0.2) is 0 Å². The summed E-state index contributed by atoms with van der Waals surface area (Å²) in [6, 6.07) is 1.46. The summed E-state index contributed by atoms with van der Waals surface area (Å²) in [7, 11) is 0. The van der Waals surface area contributed by atoms with Crippen LogP contribution in [0.1, 0.15) is 54.4 Å². The first-order valence-corrected chi connectivity index (χ1v) is 7.06. The fourth-order valence-electron chi connectivity index (χ4n) is 3.18. The summed E-state index contributed by atoms with van der Waals surface area (Å²) in [5.74, 6) is 0. The van der Waals surface area contributed by atoms with Gasteiger partial charge in [-0.15, -0.1) is 0 Å². The first-order chi connectivity index (χ1) is 7.55. The molecule has 0 aromatic carbocycles. The molecule has 0 amide bonds. The summed E-state index contributed by atoms with van der Waals surface area (Å²) in [5.41, 5.74) is 0.568. The maximum absolute atomic E-state index is 2.73. The molecule has 2 fully saturated rings. The SMILES string of the molecule is CC.CC(C)N1CC2(CCCN2C(C)C)C1. The third-order valence-electron chi connectivity index (χ3n) is 4.00. The Balaban J connectivity index is 0.000000606. The molecule has 16 heavy (non-hydrogen) atoms. The molecular weight excluding hydrogens is 196 g/mol. The lowest BCUT2D eigenvalue weighted by Crippen LogP contribution is -2.70. The highest BCUT2D eigenvalue weighted by atomic mass is 15.4. The number of hydrogen-bond donors (Lipinski definition) is 0. The molecule has 0 aromatic heterocycles. The summed E-state index contributed by atoms with van der Waals surface area (Å²) in [5, 5.41) is 0. The van der Waals surface area contributed by atoms with E-state index in [0.29, 0.717) is 5.54 Å². The van der Waals surface area contributed by atoms with Crippen LogP contribution < -0.4 is 0 Å². The molecule has 0 N–H and O–H groups in total. The second kappa shape index (κ2) is 5.50. The Hall–Kier alpha value is -0.0800. The Labute approximate surface area is 102 Å². The van der Waals surface area contributed by atoms with Crippen LogP contribution in [0.2, 0.25) is 0 Å². The van der Waals surface area contributed by atoms with E-state index in [-0.39, 0.29) is 0 Å². The fourth-order valence-corrected chi connectivity index (χ4v) is 3.18. The van der Waals surface area contributed by atoms with Gasteiger partial charge in [-0.1, -0.05) is 13.8 Å². The molecule has 0 aliphatic carbocycles. The monoisotopic (exact) mass is 226 g/mol. The molecule has 0 aromatic rings. The lowest BCUT2D eigenvalue weighted by atomic mass is 9.85. The molecule has 0 unspecified atom stereocenters. The van der Waals surface area contributed by atoms with Crippen molar-refractivity contribution in [2.45, 2.75) is 72.0 Å². The van der Waals surface area contributed by atoms with E-state index in [1.165, 1.54) is 32.5 Å². The quantitative estimate of drug-likeness (QED) is 0.714. The molecule has 0 saturated carbocycles. The van der Waals surface area contributed by atoms with Gasteiger partial charge in [0, 0.05) is 30.7 Å². The van der Waals surface area contributed by atoms with Crippen molar-refractivity contribution in [2.75, 3.05) is 19.6 Å². The van der Waals surface area contributed by atoms with E-state index in [4.69, 9.17) is 0 Å². The predicted molar refractivity (Wildman–Crippen MR) is 71.9 cm³/mol. The number of nitrogens with zero attached hydrogens (tertiary/aromatic N) is 2. The van der Waals surface area contributed by atoms with Crippen molar-refractivity contribution < 1.29 is 0 Å². The van der Waals surface area contributed by atoms with Crippen molar-refractivity contribution in [3.8, 4) is 0 Å². The summed E-state index contributed by atoms with van der Waals surface area (Å²) < 4.78 is 0. The Kier molecular flexibility index (Phi) is 4.81. The van der Waals surface area contributed by atoms with E-state index < -0.39 is 0 Å². The zero-order chi connectivity index (χ0) is 12.3. The van der Waals surface area contributed by atoms with E-state index in [9.17, 15) is 0 Å². The van der Waals surface area contributed by atoms with Crippen molar-refractivity contribution in [2.24, 2.45) is 0 Å². The van der Waals surface area contributed by atoms with Gasteiger partial charge in [0.2, 0.25) is 0 Å². The van der Waals surface area contributed by atoms with Gasteiger partial charge in [0.05, 0.1) is 0 Å². The number of hydrogen-bond acceptors (Lipinski definition) is 2. The highest BCUT2D eigenvalue weighted by Gasteiger charge is 2.50. The summed E-state index contributed by atoms with van der Waals surface area (Å²) in [6.45, 7) is 17.2. The standard InChI is InChI=1S/C12H24N2.C2H6/c1-10(2)13-8-12(9-13)6-5-7-14(12)11(3)4;1-2/h10-11H,5-9H2,1-4H3;1-2H3. The van der Waals surface area contributed by atoms with Crippen LogP contribution in [0.5, 0.6) is 0 Å². The van der Waals surface area contributed by atoms with Crippen molar-refractivity contribution in [1.82, 2.24) is 9.80 Å². The maximum atomic E-state index is 2.73. The molecule has 2 saturated heterocycles. The normalized spacial score (nSPS) is 24.8. The molecule has 2 rings (SSSR count). The van der Waals surface area contributed by atoms with Crippen LogP contribution in [0.15, 0.2) is 0 Å². The first kappa shape index (κ1) is 14.0. The molecule has 2 heterocycles. The molecule has 2 nitrogen and oxygen atoms in total. The minimum absolute atomic E-state index is 0.568. The van der Waals surface area contributed by atoms with E-state index in [1.54, 1.807) is 0 Å². The molecule has 2 aliphatic rings. The minimum Gasteiger partial charge on any atom is -0.297 e. The van der Waals surface area contributed by atoms with Crippen LogP contribution in [0.3, 0.4) is 0 Å². The Morgan fingerprint density at radius 1 is 0.938 bits per heavy atom. The molecule has 96 valence electrons. The van der Waals surface area contributed by atoms with Crippen molar-refractivity contribution in [3.05, 3.63) is 0 Å². The summed E-state index contributed by atoms with van der Waals surface area (Å²) in [4.78, 5) is 5.33. The van der Waals surface area contributed by atoms with Crippen molar-refractivity contribution in [1.29, 1.82) is 0 Å². The number of likely N-dealkylation sites (tertiary alicyclic amines) is 2. The molecular formula is C14H30N2. The Bertz CT molecular complexity index is 205. The molecule has 0 bridgehead atoms. The van der Waals surface area contributed by atoms with Crippen molar-refractivity contribution >= 4 is 0 Å². The van der Waals surface area contributed by atoms with Gasteiger partial charge in [-0.2, -0.15) is 0 Å². The van der Waals surface area contributed by atoms with Gasteiger partial charge in [0.25, 0.3) is 0 Å². The summed E-state index contributed by atoms with van der Waals surface area (Å²) >= 11 is 0. The Morgan fingerprint density at radius 3 is 1.94 bits per heavy atom. The Morgan fingerprint density at radius 2 is 1.50 bits per heavy atom. The van der Waals surface area contributed by atoms with Crippen LogP contribution in [0, 0.1) is 0 Å². The molecule has 2 aliphatic heterocycles. The average molecular weight is 226 g/mol. The second-order valence-electron chi connectivity index (χ2n) is 5.61. The third-order valence-corrected chi connectivity index (χ3v) is 4.00. The van der Waals surface area contributed by atoms with E-state index >= 15 is 0 Å². The maximum Gasteiger partial charge on any atom is 0.0466 e. The second-order valence-corrected chi connectivity index (χ2v) is 5.61. The van der Waals surface area contributed by atoms with Crippen LogP contribution in [0.25, 0.3) is 0 Å². The molecule has 0 radical (unpaired) electrons. The van der Waals surface area contributed by atoms with Gasteiger partial charge < -0.3 is 0 Å². The zero-order valence-corrected chi connectivity index (χ0v) is 12.1. The number of rotatable bonds is 2. The van der Waals surface area contributed by atoms with Crippen LogP contribution >= 0.6 is 0 Å². The van der Waals surface area contributed by atoms with Gasteiger partial charge in [-0.3, -0.25) is 9.80 Å². The fraction of sp³-hybridized carbons (Fsp3) is 1.00. The lowest BCUT2D eigenvalue weighted by Gasteiger charge is -2.56. The smallest absolute Gasteiger partial charge is 0.0466 e. The molecule has 2 heteroatoms. The van der Waals surface area contributed by atoms with E-state index in [0.717, 1.165) is 12.1 Å². The van der Waals surface area contributed by atoms with Gasteiger partial charge in [0.15, 0.2) is 0 Å². The van der Waals surface area contributed by atoms with Crippen LogP contribution in [-0.4, -0.2) is 47.1 Å². The highest BCUT2D eigenvalue weighted by molar-refractivity contribution is 5.08. The molecule has 0 atom stereocenters. The van der Waals surface area contributed by atoms with Crippen LogP contribution in [0.4, 0.5) is 0 Å². The van der Waals surface area contributed by atoms with Crippen molar-refractivity contribution in [3.63, 3.8) is 0 Å². The van der Waals surface area contributed by atoms with Gasteiger partial charge in [-0.05, 0) is 47.1 Å². The predicted octanol–water partition coefficient (Wildman–Crippen LogP) is 2.98. The molecule has 1 spiro atoms. The van der Waals surface area contributed by atoms with Crippen LogP contribution in [-0.2, 0) is 0 Å². The largest absolute Gasteiger partial charge is 0.297 e. The zero-order valence-electron chi connectivity index (χ0n) is 12.1. The van der Waals surface area contributed by atoms with E-state index in [2.05, 4.69) is 37.5 Å². The van der Waals surface area contributed by atoms with Gasteiger partial charge >= 0.3 is 0 Å². The summed E-state index contributed by atoms with van der Waals surface area (Å²) in [6.07, 6.45) is 2.83. The third kappa shape index (κ3) is 2.43. The lowest BCUT2D eigenvalue weighted by molar-refractivity contribution is -0.0584. The average Bonchev–Trinajstić information content (AvgIpc) is 2.62.